The lowest BCUT2D eigenvalue weighted by Gasteiger charge is -2.14. The standard InChI is InChI=1S/C12H13ClN4OS/c1-17(9(18)4-5-14)12-10(13)16-11(19-12)8-3-2-6-15-7-8/h2-3,6-7H,4-5,14H2,1H3. The van der Waals surface area contributed by atoms with Crippen LogP contribution in [0.1, 0.15) is 6.42 Å². The molecule has 2 heterocycles. The summed E-state index contributed by atoms with van der Waals surface area (Å²) in [5.41, 5.74) is 6.25. The molecule has 2 aromatic rings. The lowest BCUT2D eigenvalue weighted by Crippen LogP contribution is -2.27. The van der Waals surface area contributed by atoms with Crippen molar-refractivity contribution >= 4 is 33.8 Å². The number of halogens is 1. The van der Waals surface area contributed by atoms with Crippen molar-refractivity contribution in [1.82, 2.24) is 9.97 Å². The number of hydrogen-bond donors (Lipinski definition) is 1. The van der Waals surface area contributed by atoms with Crippen LogP contribution in [0, 0.1) is 0 Å². The Morgan fingerprint density at radius 1 is 1.58 bits per heavy atom. The molecule has 100 valence electrons. The third-order valence-electron chi connectivity index (χ3n) is 2.51. The van der Waals surface area contributed by atoms with Crippen LogP contribution in [0.25, 0.3) is 10.6 Å². The van der Waals surface area contributed by atoms with Gasteiger partial charge in [0, 0.05) is 38.0 Å². The smallest absolute Gasteiger partial charge is 0.228 e. The van der Waals surface area contributed by atoms with Gasteiger partial charge in [-0.25, -0.2) is 4.98 Å². The predicted octanol–water partition coefficient (Wildman–Crippen LogP) is 2.17. The lowest BCUT2D eigenvalue weighted by molar-refractivity contribution is -0.118. The first kappa shape index (κ1) is 13.9. The van der Waals surface area contributed by atoms with E-state index >= 15 is 0 Å². The molecule has 2 rings (SSSR count). The molecule has 2 aromatic heterocycles. The Bertz CT molecular complexity index is 572. The van der Waals surface area contributed by atoms with Crippen molar-refractivity contribution in [2.45, 2.75) is 6.42 Å². The minimum absolute atomic E-state index is 0.0780. The maximum atomic E-state index is 11.8. The van der Waals surface area contributed by atoms with Crippen molar-refractivity contribution in [2.24, 2.45) is 5.73 Å². The summed E-state index contributed by atoms with van der Waals surface area (Å²) in [5.74, 6) is -0.0780. The number of nitrogens with zero attached hydrogens (tertiary/aromatic N) is 3. The highest BCUT2D eigenvalue weighted by Crippen LogP contribution is 2.36. The van der Waals surface area contributed by atoms with E-state index in [9.17, 15) is 4.79 Å². The number of aromatic nitrogens is 2. The van der Waals surface area contributed by atoms with Crippen molar-refractivity contribution in [3.05, 3.63) is 29.7 Å². The molecule has 0 radical (unpaired) electrons. The molecule has 0 fully saturated rings. The highest BCUT2D eigenvalue weighted by molar-refractivity contribution is 7.19. The number of rotatable bonds is 4. The van der Waals surface area contributed by atoms with Crippen molar-refractivity contribution in [1.29, 1.82) is 0 Å². The molecule has 7 heteroatoms. The van der Waals surface area contributed by atoms with Gasteiger partial charge in [-0.2, -0.15) is 0 Å². The maximum absolute atomic E-state index is 11.8. The molecule has 0 aliphatic heterocycles. The first-order valence-corrected chi connectivity index (χ1v) is 6.86. The summed E-state index contributed by atoms with van der Waals surface area (Å²) in [7, 11) is 1.67. The van der Waals surface area contributed by atoms with Crippen LogP contribution >= 0.6 is 22.9 Å². The average molecular weight is 297 g/mol. The average Bonchev–Trinajstić information content (AvgIpc) is 2.81. The Morgan fingerprint density at radius 2 is 2.37 bits per heavy atom. The van der Waals surface area contributed by atoms with E-state index in [1.54, 1.807) is 19.4 Å². The molecular formula is C12H13ClN4OS. The fourth-order valence-corrected chi connectivity index (χ4v) is 2.82. The van der Waals surface area contributed by atoms with Crippen LogP contribution in [0.5, 0.6) is 0 Å². The van der Waals surface area contributed by atoms with Gasteiger partial charge in [-0.1, -0.05) is 22.9 Å². The number of pyridine rings is 1. The molecule has 0 atom stereocenters. The molecule has 0 bridgehead atoms. The number of nitrogens with two attached hydrogens (primary N) is 1. The second-order valence-corrected chi connectivity index (χ2v) is 5.18. The van der Waals surface area contributed by atoms with E-state index in [0.717, 1.165) is 10.6 Å². The van der Waals surface area contributed by atoms with Crippen molar-refractivity contribution in [2.75, 3.05) is 18.5 Å². The fourth-order valence-electron chi connectivity index (χ4n) is 1.52. The third kappa shape index (κ3) is 3.09. The number of amides is 1. The van der Waals surface area contributed by atoms with Crippen LogP contribution in [0.4, 0.5) is 5.00 Å². The van der Waals surface area contributed by atoms with Gasteiger partial charge in [-0.3, -0.25) is 9.78 Å². The van der Waals surface area contributed by atoms with E-state index in [-0.39, 0.29) is 12.3 Å². The Morgan fingerprint density at radius 3 is 3.00 bits per heavy atom. The number of hydrogen-bond acceptors (Lipinski definition) is 5. The minimum Gasteiger partial charge on any atom is -0.330 e. The molecule has 5 nitrogen and oxygen atoms in total. The summed E-state index contributed by atoms with van der Waals surface area (Å²) < 4.78 is 0. The molecule has 0 saturated heterocycles. The van der Waals surface area contributed by atoms with E-state index in [4.69, 9.17) is 17.3 Å². The third-order valence-corrected chi connectivity index (χ3v) is 4.07. The summed E-state index contributed by atoms with van der Waals surface area (Å²) in [6.07, 6.45) is 3.68. The van der Waals surface area contributed by atoms with E-state index in [1.165, 1.54) is 16.2 Å². The van der Waals surface area contributed by atoms with Crippen molar-refractivity contribution < 1.29 is 4.79 Å². The van der Waals surface area contributed by atoms with Gasteiger partial charge in [0.1, 0.15) is 10.0 Å². The Labute approximate surface area is 120 Å². The molecule has 0 saturated carbocycles. The molecule has 0 aromatic carbocycles. The van der Waals surface area contributed by atoms with Crippen LogP contribution in [-0.4, -0.2) is 29.5 Å². The fraction of sp³-hybridized carbons (Fsp3) is 0.250. The Balaban J connectivity index is 2.29. The van der Waals surface area contributed by atoms with Gasteiger partial charge in [-0.15, -0.1) is 0 Å². The summed E-state index contributed by atoms with van der Waals surface area (Å²) in [5, 5.41) is 1.68. The van der Waals surface area contributed by atoms with Crippen LogP contribution in [0.15, 0.2) is 24.5 Å². The highest BCUT2D eigenvalue weighted by atomic mass is 35.5. The predicted molar refractivity (Wildman–Crippen MR) is 77.4 cm³/mol. The summed E-state index contributed by atoms with van der Waals surface area (Å²) in [4.78, 5) is 21.6. The van der Waals surface area contributed by atoms with E-state index in [1.807, 2.05) is 12.1 Å². The van der Waals surface area contributed by atoms with Gasteiger partial charge in [0.25, 0.3) is 0 Å². The number of thiazole rings is 1. The minimum atomic E-state index is -0.0780. The monoisotopic (exact) mass is 296 g/mol. The van der Waals surface area contributed by atoms with Gasteiger partial charge in [-0.05, 0) is 12.1 Å². The molecule has 0 unspecified atom stereocenters. The zero-order valence-electron chi connectivity index (χ0n) is 10.3. The maximum Gasteiger partial charge on any atom is 0.228 e. The molecule has 19 heavy (non-hydrogen) atoms. The van der Waals surface area contributed by atoms with E-state index in [2.05, 4.69) is 9.97 Å². The molecular weight excluding hydrogens is 284 g/mol. The molecule has 2 N–H and O–H groups in total. The van der Waals surface area contributed by atoms with Crippen LogP contribution in [0.2, 0.25) is 5.15 Å². The summed E-state index contributed by atoms with van der Waals surface area (Å²) in [6, 6.07) is 3.72. The van der Waals surface area contributed by atoms with Crippen molar-refractivity contribution in [3.63, 3.8) is 0 Å². The number of anilines is 1. The second-order valence-electron chi connectivity index (χ2n) is 3.85. The van der Waals surface area contributed by atoms with Crippen molar-refractivity contribution in [3.8, 4) is 10.6 Å². The quantitative estimate of drug-likeness (QED) is 0.938. The highest BCUT2D eigenvalue weighted by Gasteiger charge is 2.18. The normalized spacial score (nSPS) is 10.5. The van der Waals surface area contributed by atoms with Gasteiger partial charge in [0.05, 0.1) is 0 Å². The van der Waals surface area contributed by atoms with E-state index < -0.39 is 0 Å². The summed E-state index contributed by atoms with van der Waals surface area (Å²) >= 11 is 7.44. The van der Waals surface area contributed by atoms with Gasteiger partial charge >= 0.3 is 0 Å². The summed E-state index contributed by atoms with van der Waals surface area (Å²) in [6.45, 7) is 0.315. The first-order valence-electron chi connectivity index (χ1n) is 5.67. The first-order chi connectivity index (χ1) is 9.13. The number of carbonyl (C=O) groups excluding carboxylic acids is 1. The van der Waals surface area contributed by atoms with Gasteiger partial charge in [0.2, 0.25) is 5.91 Å². The molecule has 0 spiro atoms. The molecule has 1 amide bonds. The second kappa shape index (κ2) is 6.10. The Hall–Kier alpha value is -1.50. The topological polar surface area (TPSA) is 72.1 Å². The lowest BCUT2D eigenvalue weighted by atomic mass is 10.3. The molecule has 0 aliphatic carbocycles. The SMILES string of the molecule is CN(C(=O)CCN)c1sc(-c2cccnc2)nc1Cl. The van der Waals surface area contributed by atoms with Crippen LogP contribution < -0.4 is 10.6 Å². The van der Waals surface area contributed by atoms with Crippen LogP contribution in [-0.2, 0) is 4.79 Å². The zero-order chi connectivity index (χ0) is 13.8. The van der Waals surface area contributed by atoms with E-state index in [0.29, 0.717) is 16.7 Å². The zero-order valence-corrected chi connectivity index (χ0v) is 11.9. The van der Waals surface area contributed by atoms with Gasteiger partial charge in [0.15, 0.2) is 5.15 Å². The Kier molecular flexibility index (Phi) is 4.47. The van der Waals surface area contributed by atoms with Gasteiger partial charge < -0.3 is 10.6 Å². The largest absolute Gasteiger partial charge is 0.330 e. The number of carbonyl (C=O) groups is 1. The molecule has 0 aliphatic rings. The van der Waals surface area contributed by atoms with Crippen LogP contribution in [0.3, 0.4) is 0 Å².